The Bertz CT molecular complexity index is 1420. The lowest BCUT2D eigenvalue weighted by Crippen LogP contribution is -2.60. The van der Waals surface area contributed by atoms with Gasteiger partial charge in [0.1, 0.15) is 16.8 Å². The molecule has 0 saturated heterocycles. The molecule has 46 heavy (non-hydrogen) atoms. The number of esters is 1. The Hall–Kier alpha value is -1.77. The van der Waals surface area contributed by atoms with E-state index in [-0.39, 0.29) is 63.7 Å². The van der Waals surface area contributed by atoms with Crippen LogP contribution in [0.5, 0.6) is 0 Å². The molecule has 0 spiro atoms. The van der Waals surface area contributed by atoms with E-state index in [9.17, 15) is 23.1 Å². The molecule has 0 heterocycles. The lowest BCUT2D eigenvalue weighted by molar-refractivity contribution is -0.186. The van der Waals surface area contributed by atoms with Crippen LogP contribution < -0.4 is 0 Å². The normalized spacial score (nSPS) is 37.6. The fourth-order valence-electron chi connectivity index (χ4n) is 10.7. The molecule has 1 N–H and O–H groups in total. The summed E-state index contributed by atoms with van der Waals surface area (Å²) in [6.45, 7) is 19.7. The summed E-state index contributed by atoms with van der Waals surface area (Å²) < 4.78 is 41.3. The largest absolute Gasteiger partial charge is 0.463 e. The van der Waals surface area contributed by atoms with E-state index >= 15 is 0 Å². The number of hydrogen-bond donors (Lipinski definition) is 1. The Morgan fingerprint density at radius 1 is 0.891 bits per heavy atom. The number of benzene rings is 1. The molecule has 0 aliphatic heterocycles. The van der Waals surface area contributed by atoms with E-state index in [0.29, 0.717) is 18.8 Å². The summed E-state index contributed by atoms with van der Waals surface area (Å²) in [7, 11) is -4.22. The van der Waals surface area contributed by atoms with Gasteiger partial charge in [0.2, 0.25) is 0 Å². The number of Topliss-reactive ketones (excluding diaryl/α,β-unsaturated/α-hetero) is 1. The first-order chi connectivity index (χ1) is 21.3. The SMILES string of the molecule is CC(=O)OC1CC[C@@]2(C)C(CC[C@H]3[C@@H]4C(OS(=O)(=O)c5c(C(C)C)cc(C(C)C)cc5C(C)C)C[C@H](C(C)=O)[C@@]4(C)C(O)C[C@@H]32)C1. The van der Waals surface area contributed by atoms with Gasteiger partial charge in [-0.1, -0.05) is 67.5 Å². The van der Waals surface area contributed by atoms with Gasteiger partial charge in [0.05, 0.1) is 12.2 Å². The standard InChI is InChI=1S/C38H58O7S/c1-20(2)25-15-29(21(3)4)36(30(16-25)22(5)6)46(42,43)45-33-18-31(23(7)39)38(10)34(41)19-32-28(35(33)38)12-11-26-17-27(44-24(8)40)13-14-37(26,32)9/h15-16,20-22,26-28,31-35,41H,11-14,17-19H2,1-10H3/t26?,27?,28-,31-,32+,33?,34?,35-,37+,38+/m1/s1. The fourth-order valence-corrected chi connectivity index (χ4v) is 12.4. The van der Waals surface area contributed by atoms with Gasteiger partial charge in [-0.25, -0.2) is 0 Å². The number of aliphatic hydroxyl groups excluding tert-OH is 1. The first-order valence-electron chi connectivity index (χ1n) is 17.8. The maximum atomic E-state index is 14.6. The third kappa shape index (κ3) is 5.91. The van der Waals surface area contributed by atoms with Gasteiger partial charge in [0, 0.05) is 18.3 Å². The van der Waals surface area contributed by atoms with Crippen molar-refractivity contribution < 1.29 is 32.0 Å². The molecule has 4 saturated carbocycles. The third-order valence-electron chi connectivity index (χ3n) is 13.1. The highest BCUT2D eigenvalue weighted by Crippen LogP contribution is 2.68. The molecule has 0 aromatic heterocycles. The summed E-state index contributed by atoms with van der Waals surface area (Å²) in [6, 6.07) is 4.06. The van der Waals surface area contributed by atoms with Gasteiger partial charge in [0.15, 0.2) is 0 Å². The molecular formula is C38H58O7S. The number of carbonyl (C=O) groups is 2. The molecule has 4 aliphatic rings. The molecule has 1 aromatic carbocycles. The lowest BCUT2D eigenvalue weighted by Gasteiger charge is -2.62. The van der Waals surface area contributed by atoms with Gasteiger partial charge in [-0.2, -0.15) is 8.42 Å². The van der Waals surface area contributed by atoms with Crippen LogP contribution in [0.4, 0.5) is 0 Å². The van der Waals surface area contributed by atoms with E-state index in [1.54, 1.807) is 6.92 Å². The van der Waals surface area contributed by atoms with Crippen LogP contribution in [0.25, 0.3) is 0 Å². The summed E-state index contributed by atoms with van der Waals surface area (Å²) in [6.07, 6.45) is 3.71. The minimum Gasteiger partial charge on any atom is -0.463 e. The van der Waals surface area contributed by atoms with Gasteiger partial charge in [-0.3, -0.25) is 13.8 Å². The van der Waals surface area contributed by atoms with Crippen molar-refractivity contribution >= 4 is 21.9 Å². The predicted octanol–water partition coefficient (Wildman–Crippen LogP) is 7.89. The quantitative estimate of drug-likeness (QED) is 0.224. The molecule has 0 bridgehead atoms. The van der Waals surface area contributed by atoms with E-state index in [0.717, 1.165) is 48.8 Å². The Kier molecular flexibility index (Phi) is 9.73. The van der Waals surface area contributed by atoms with Crippen molar-refractivity contribution in [1.29, 1.82) is 0 Å². The van der Waals surface area contributed by atoms with Crippen LogP contribution in [-0.2, 0) is 28.6 Å². The molecule has 1 aromatic rings. The first-order valence-corrected chi connectivity index (χ1v) is 19.2. The van der Waals surface area contributed by atoms with Crippen LogP contribution in [0.1, 0.15) is 149 Å². The van der Waals surface area contributed by atoms with Crippen molar-refractivity contribution in [3.63, 3.8) is 0 Å². The van der Waals surface area contributed by atoms with Gasteiger partial charge in [-0.15, -0.1) is 0 Å². The van der Waals surface area contributed by atoms with E-state index in [1.165, 1.54) is 6.92 Å². The van der Waals surface area contributed by atoms with Gasteiger partial charge in [0.25, 0.3) is 10.1 Å². The highest BCUT2D eigenvalue weighted by atomic mass is 32.2. The van der Waals surface area contributed by atoms with Crippen LogP contribution in [-0.4, -0.2) is 43.6 Å². The van der Waals surface area contributed by atoms with Crippen molar-refractivity contribution in [2.45, 2.75) is 155 Å². The summed E-state index contributed by atoms with van der Waals surface area (Å²) in [5.41, 5.74) is 1.83. The Balaban J connectivity index is 1.56. The molecule has 0 amide bonds. The smallest absolute Gasteiger partial charge is 0.302 e. The molecule has 258 valence electrons. The third-order valence-corrected chi connectivity index (χ3v) is 14.6. The Labute approximate surface area is 277 Å². The minimum atomic E-state index is -4.22. The molecule has 7 nitrogen and oxygen atoms in total. The molecule has 4 fully saturated rings. The summed E-state index contributed by atoms with van der Waals surface area (Å²) in [5.74, 6) is -0.148. The number of fused-ring (bicyclic) bond motifs is 5. The second kappa shape index (κ2) is 12.6. The monoisotopic (exact) mass is 658 g/mol. The van der Waals surface area contributed by atoms with Gasteiger partial charge >= 0.3 is 5.97 Å². The highest BCUT2D eigenvalue weighted by molar-refractivity contribution is 7.86. The van der Waals surface area contributed by atoms with Crippen molar-refractivity contribution in [2.75, 3.05) is 0 Å². The number of carbonyl (C=O) groups excluding carboxylic acids is 2. The molecular weight excluding hydrogens is 600 g/mol. The topological polar surface area (TPSA) is 107 Å². The second-order valence-corrected chi connectivity index (χ2v) is 18.2. The summed E-state index contributed by atoms with van der Waals surface area (Å²) >= 11 is 0. The molecule has 4 aliphatic carbocycles. The maximum Gasteiger partial charge on any atom is 0.302 e. The average molecular weight is 659 g/mol. The van der Waals surface area contributed by atoms with Crippen molar-refractivity contribution in [2.24, 2.45) is 40.4 Å². The Morgan fingerprint density at radius 2 is 1.50 bits per heavy atom. The van der Waals surface area contributed by atoms with E-state index in [1.807, 2.05) is 46.8 Å². The molecule has 8 heteroatoms. The predicted molar refractivity (Wildman–Crippen MR) is 179 cm³/mol. The zero-order chi connectivity index (χ0) is 34.1. The van der Waals surface area contributed by atoms with E-state index in [4.69, 9.17) is 8.92 Å². The van der Waals surface area contributed by atoms with Crippen LogP contribution >= 0.6 is 0 Å². The van der Waals surface area contributed by atoms with Crippen molar-refractivity contribution in [3.05, 3.63) is 28.8 Å². The number of hydrogen-bond acceptors (Lipinski definition) is 7. The lowest BCUT2D eigenvalue weighted by atomic mass is 9.44. The summed E-state index contributed by atoms with van der Waals surface area (Å²) in [5, 5.41) is 12.0. The van der Waals surface area contributed by atoms with E-state index in [2.05, 4.69) is 20.8 Å². The number of rotatable bonds is 8. The summed E-state index contributed by atoms with van der Waals surface area (Å²) in [4.78, 5) is 25.3. The minimum absolute atomic E-state index is 0.0117. The van der Waals surface area contributed by atoms with E-state index < -0.39 is 33.7 Å². The molecule has 4 unspecified atom stereocenters. The molecule has 0 radical (unpaired) electrons. The van der Waals surface area contributed by atoms with Crippen LogP contribution in [0, 0.1) is 40.4 Å². The van der Waals surface area contributed by atoms with Crippen molar-refractivity contribution in [1.82, 2.24) is 0 Å². The number of aliphatic hydroxyl groups is 1. The van der Waals surface area contributed by atoms with Crippen molar-refractivity contribution in [3.8, 4) is 0 Å². The van der Waals surface area contributed by atoms with Crippen LogP contribution in [0.2, 0.25) is 0 Å². The van der Waals surface area contributed by atoms with Gasteiger partial charge < -0.3 is 9.84 Å². The Morgan fingerprint density at radius 3 is 2.02 bits per heavy atom. The highest BCUT2D eigenvalue weighted by Gasteiger charge is 2.67. The average Bonchev–Trinajstić information content (AvgIpc) is 3.25. The maximum absolute atomic E-state index is 14.6. The number of ketones is 1. The molecule has 5 rings (SSSR count). The molecule has 10 atom stereocenters. The first kappa shape index (κ1) is 35.5. The number of ether oxygens (including phenoxy) is 1. The zero-order valence-electron chi connectivity index (χ0n) is 29.8. The van der Waals surface area contributed by atoms with Crippen LogP contribution in [0.3, 0.4) is 0 Å². The second-order valence-electron chi connectivity index (χ2n) is 16.7. The van der Waals surface area contributed by atoms with Gasteiger partial charge in [-0.05, 0) is 115 Å². The van der Waals surface area contributed by atoms with Crippen LogP contribution in [0.15, 0.2) is 17.0 Å². The zero-order valence-corrected chi connectivity index (χ0v) is 30.6. The fraction of sp³-hybridized carbons (Fsp3) is 0.789.